The standard InChI is InChI=1S/C19H30N2O/c1-5-18(13-16-8-6-14(2)7-9-16)21(4)19(22)17-10-11-20-15(3)12-17/h6-9,15,17-18,20H,5,10-13H2,1-4H3/t15-,17-,18?/m0/s1. The molecule has 122 valence electrons. The predicted octanol–water partition coefficient (Wildman–Crippen LogP) is 3.16. The highest BCUT2D eigenvalue weighted by molar-refractivity contribution is 5.79. The minimum atomic E-state index is 0.188. The fourth-order valence-electron chi connectivity index (χ4n) is 3.38. The number of nitrogens with zero attached hydrogens (tertiary/aromatic N) is 1. The molecule has 0 radical (unpaired) electrons. The summed E-state index contributed by atoms with van der Waals surface area (Å²) < 4.78 is 0. The Morgan fingerprint density at radius 3 is 2.64 bits per heavy atom. The van der Waals surface area contributed by atoms with Crippen LogP contribution in [0.5, 0.6) is 0 Å². The number of amides is 1. The van der Waals surface area contributed by atoms with Gasteiger partial charge in [0.25, 0.3) is 0 Å². The van der Waals surface area contributed by atoms with Gasteiger partial charge in [0.15, 0.2) is 0 Å². The van der Waals surface area contributed by atoms with Gasteiger partial charge >= 0.3 is 0 Å². The van der Waals surface area contributed by atoms with Crippen molar-refractivity contribution in [1.82, 2.24) is 10.2 Å². The average Bonchev–Trinajstić information content (AvgIpc) is 2.53. The number of carbonyl (C=O) groups is 1. The van der Waals surface area contributed by atoms with E-state index < -0.39 is 0 Å². The van der Waals surface area contributed by atoms with Crippen LogP contribution in [-0.2, 0) is 11.2 Å². The highest BCUT2D eigenvalue weighted by Gasteiger charge is 2.29. The zero-order valence-corrected chi connectivity index (χ0v) is 14.4. The summed E-state index contributed by atoms with van der Waals surface area (Å²) in [6, 6.07) is 9.41. The molecule has 0 aliphatic carbocycles. The number of aryl methyl sites for hydroxylation is 1. The highest BCUT2D eigenvalue weighted by atomic mass is 16.2. The Balaban J connectivity index is 1.99. The van der Waals surface area contributed by atoms with Gasteiger partial charge in [-0.15, -0.1) is 0 Å². The number of carbonyl (C=O) groups excluding carboxylic acids is 1. The van der Waals surface area contributed by atoms with E-state index in [0.717, 1.165) is 32.2 Å². The van der Waals surface area contributed by atoms with E-state index >= 15 is 0 Å². The first-order valence-corrected chi connectivity index (χ1v) is 8.56. The number of benzene rings is 1. The maximum atomic E-state index is 12.8. The van der Waals surface area contributed by atoms with Crippen molar-refractivity contribution < 1.29 is 4.79 Å². The number of likely N-dealkylation sites (N-methyl/N-ethyl adjacent to an activating group) is 1. The molecule has 1 amide bonds. The minimum Gasteiger partial charge on any atom is -0.342 e. The van der Waals surface area contributed by atoms with Crippen LogP contribution in [0, 0.1) is 12.8 Å². The Labute approximate surface area is 135 Å². The van der Waals surface area contributed by atoms with E-state index in [0.29, 0.717) is 18.0 Å². The molecule has 1 fully saturated rings. The van der Waals surface area contributed by atoms with Crippen LogP contribution in [-0.4, -0.2) is 36.5 Å². The lowest BCUT2D eigenvalue weighted by molar-refractivity contribution is -0.137. The third kappa shape index (κ3) is 4.33. The van der Waals surface area contributed by atoms with Crippen LogP contribution >= 0.6 is 0 Å². The fraction of sp³-hybridized carbons (Fsp3) is 0.632. The second-order valence-electron chi connectivity index (χ2n) is 6.78. The number of hydrogen-bond acceptors (Lipinski definition) is 2. The molecule has 0 bridgehead atoms. The van der Waals surface area contributed by atoms with Gasteiger partial charge in [-0.3, -0.25) is 4.79 Å². The summed E-state index contributed by atoms with van der Waals surface area (Å²) in [5, 5.41) is 3.42. The number of piperidine rings is 1. The van der Waals surface area contributed by atoms with Gasteiger partial charge in [-0.25, -0.2) is 0 Å². The Morgan fingerprint density at radius 2 is 2.05 bits per heavy atom. The van der Waals surface area contributed by atoms with Crippen LogP contribution in [0.2, 0.25) is 0 Å². The maximum Gasteiger partial charge on any atom is 0.225 e. The molecule has 1 aliphatic rings. The quantitative estimate of drug-likeness (QED) is 0.906. The van der Waals surface area contributed by atoms with Crippen molar-refractivity contribution in [2.45, 2.75) is 58.5 Å². The molecule has 1 heterocycles. The molecule has 2 rings (SSSR count). The number of rotatable bonds is 5. The van der Waals surface area contributed by atoms with E-state index in [4.69, 9.17) is 0 Å². The summed E-state index contributed by atoms with van der Waals surface area (Å²) in [6.07, 6.45) is 3.87. The summed E-state index contributed by atoms with van der Waals surface area (Å²) in [4.78, 5) is 14.8. The molecule has 0 spiro atoms. The molecule has 1 saturated heterocycles. The third-order valence-electron chi connectivity index (χ3n) is 4.93. The van der Waals surface area contributed by atoms with Crippen LogP contribution in [0.1, 0.15) is 44.2 Å². The van der Waals surface area contributed by atoms with Gasteiger partial charge < -0.3 is 10.2 Å². The zero-order valence-electron chi connectivity index (χ0n) is 14.4. The monoisotopic (exact) mass is 302 g/mol. The summed E-state index contributed by atoms with van der Waals surface area (Å²) in [5.41, 5.74) is 2.60. The SMILES string of the molecule is CCC(Cc1ccc(C)cc1)N(C)C(=O)[C@H]1CCN[C@@H](C)C1. The molecule has 1 unspecified atom stereocenters. The van der Waals surface area contributed by atoms with E-state index in [-0.39, 0.29) is 5.92 Å². The first-order chi connectivity index (χ1) is 10.5. The Morgan fingerprint density at radius 1 is 1.36 bits per heavy atom. The van der Waals surface area contributed by atoms with E-state index in [9.17, 15) is 4.79 Å². The van der Waals surface area contributed by atoms with Gasteiger partial charge in [-0.05, 0) is 51.6 Å². The number of hydrogen-bond donors (Lipinski definition) is 1. The molecular formula is C19H30N2O. The Bertz CT molecular complexity index is 483. The first-order valence-electron chi connectivity index (χ1n) is 8.56. The molecule has 3 atom stereocenters. The van der Waals surface area contributed by atoms with E-state index in [1.807, 2.05) is 11.9 Å². The molecule has 3 heteroatoms. The third-order valence-corrected chi connectivity index (χ3v) is 4.93. The lowest BCUT2D eigenvalue weighted by atomic mass is 9.91. The molecule has 1 aromatic rings. The Hall–Kier alpha value is -1.35. The van der Waals surface area contributed by atoms with Crippen LogP contribution in [0.25, 0.3) is 0 Å². The van der Waals surface area contributed by atoms with Crippen molar-refractivity contribution >= 4 is 5.91 Å². The van der Waals surface area contributed by atoms with Gasteiger partial charge in [0.05, 0.1) is 0 Å². The molecule has 22 heavy (non-hydrogen) atoms. The maximum absolute atomic E-state index is 12.8. The van der Waals surface area contributed by atoms with Gasteiger partial charge in [-0.1, -0.05) is 36.8 Å². The summed E-state index contributed by atoms with van der Waals surface area (Å²) in [5.74, 6) is 0.514. The van der Waals surface area contributed by atoms with E-state index in [1.165, 1.54) is 11.1 Å². The fourth-order valence-corrected chi connectivity index (χ4v) is 3.38. The van der Waals surface area contributed by atoms with Crippen molar-refractivity contribution in [3.8, 4) is 0 Å². The summed E-state index contributed by atoms with van der Waals surface area (Å²) in [6.45, 7) is 7.41. The van der Waals surface area contributed by atoms with Crippen LogP contribution in [0.15, 0.2) is 24.3 Å². The second-order valence-corrected chi connectivity index (χ2v) is 6.78. The molecule has 1 aromatic carbocycles. The minimum absolute atomic E-state index is 0.188. The van der Waals surface area contributed by atoms with Crippen molar-refractivity contribution in [3.05, 3.63) is 35.4 Å². The van der Waals surface area contributed by atoms with Crippen LogP contribution in [0.4, 0.5) is 0 Å². The smallest absolute Gasteiger partial charge is 0.225 e. The van der Waals surface area contributed by atoms with Crippen molar-refractivity contribution in [2.24, 2.45) is 5.92 Å². The highest BCUT2D eigenvalue weighted by Crippen LogP contribution is 2.21. The lowest BCUT2D eigenvalue weighted by Gasteiger charge is -2.34. The van der Waals surface area contributed by atoms with Crippen molar-refractivity contribution in [1.29, 1.82) is 0 Å². The van der Waals surface area contributed by atoms with E-state index in [2.05, 4.69) is 50.4 Å². The zero-order chi connectivity index (χ0) is 16.1. The molecular weight excluding hydrogens is 272 g/mol. The molecule has 1 N–H and O–H groups in total. The molecule has 0 aromatic heterocycles. The first kappa shape index (κ1) is 17.0. The van der Waals surface area contributed by atoms with Crippen molar-refractivity contribution in [2.75, 3.05) is 13.6 Å². The topological polar surface area (TPSA) is 32.3 Å². The number of nitrogens with one attached hydrogen (secondary N) is 1. The summed E-state index contributed by atoms with van der Waals surface area (Å²) in [7, 11) is 1.98. The summed E-state index contributed by atoms with van der Waals surface area (Å²) >= 11 is 0. The van der Waals surface area contributed by atoms with Crippen LogP contribution < -0.4 is 5.32 Å². The van der Waals surface area contributed by atoms with Crippen molar-refractivity contribution in [3.63, 3.8) is 0 Å². The predicted molar refractivity (Wildman–Crippen MR) is 91.9 cm³/mol. The molecule has 1 aliphatic heterocycles. The largest absolute Gasteiger partial charge is 0.342 e. The van der Waals surface area contributed by atoms with E-state index in [1.54, 1.807) is 0 Å². The van der Waals surface area contributed by atoms with Gasteiger partial charge in [0, 0.05) is 25.0 Å². The van der Waals surface area contributed by atoms with Gasteiger partial charge in [0.2, 0.25) is 5.91 Å². The molecule has 3 nitrogen and oxygen atoms in total. The molecule has 0 saturated carbocycles. The van der Waals surface area contributed by atoms with Gasteiger partial charge in [-0.2, -0.15) is 0 Å². The van der Waals surface area contributed by atoms with Gasteiger partial charge in [0.1, 0.15) is 0 Å². The lowest BCUT2D eigenvalue weighted by Crippen LogP contribution is -2.46. The van der Waals surface area contributed by atoms with Crippen LogP contribution in [0.3, 0.4) is 0 Å². The second kappa shape index (κ2) is 7.77. The average molecular weight is 302 g/mol. The normalized spacial score (nSPS) is 23.1. The Kier molecular flexibility index (Phi) is 6.01.